The molecule has 3 rings (SSSR count). The summed E-state index contributed by atoms with van der Waals surface area (Å²) in [5.74, 6) is 1.01. The van der Waals surface area contributed by atoms with Crippen LogP contribution in [0.15, 0.2) is 42.5 Å². The van der Waals surface area contributed by atoms with Gasteiger partial charge in [-0.1, -0.05) is 18.5 Å². The summed E-state index contributed by atoms with van der Waals surface area (Å²) in [5, 5.41) is 7.73. The summed E-state index contributed by atoms with van der Waals surface area (Å²) in [7, 11) is 1.62. The monoisotopic (exact) mass is 399 g/mol. The van der Waals surface area contributed by atoms with Crippen molar-refractivity contribution < 1.29 is 9.53 Å². The number of nitrogen functional groups attached to an aromatic ring is 2. The maximum absolute atomic E-state index is 12.7. The lowest BCUT2D eigenvalue weighted by molar-refractivity contribution is 0.102. The lowest BCUT2D eigenvalue weighted by atomic mass is 10.1. The third kappa shape index (κ3) is 4.04. The number of nitrogens with zero attached hydrogens (tertiary/aromatic N) is 2. The van der Waals surface area contributed by atoms with E-state index in [-0.39, 0.29) is 22.3 Å². The van der Waals surface area contributed by atoms with Crippen LogP contribution >= 0.6 is 11.6 Å². The number of aryl methyl sites for hydroxylation is 1. The van der Waals surface area contributed by atoms with Gasteiger partial charge in [0.15, 0.2) is 0 Å². The summed E-state index contributed by atoms with van der Waals surface area (Å²) in [6, 6.07) is 12.4. The van der Waals surface area contributed by atoms with Gasteiger partial charge in [-0.15, -0.1) is 0 Å². The van der Waals surface area contributed by atoms with Crippen molar-refractivity contribution in [1.29, 1.82) is 0 Å². The molecule has 28 heavy (non-hydrogen) atoms. The standard InChI is InChI=1S/C20H22ClN5O2/c1-3-8-26-18(11-17(25-26)12-4-6-14(28-2)7-5-12)24-20(27)13-9-15(21)19(23)16(22)10-13/h4-7,9-11H,3,8,22-23H2,1-2H3,(H,24,27). The molecule has 2 aromatic carbocycles. The number of amides is 1. The van der Waals surface area contributed by atoms with E-state index in [9.17, 15) is 4.79 Å². The Hall–Kier alpha value is -3.19. The topological polar surface area (TPSA) is 108 Å². The maximum Gasteiger partial charge on any atom is 0.256 e. The summed E-state index contributed by atoms with van der Waals surface area (Å²) < 4.78 is 6.95. The van der Waals surface area contributed by atoms with Gasteiger partial charge in [-0.2, -0.15) is 5.10 Å². The number of hydrogen-bond donors (Lipinski definition) is 3. The number of aromatic nitrogens is 2. The minimum atomic E-state index is -0.341. The van der Waals surface area contributed by atoms with Crippen LogP contribution in [0.25, 0.3) is 11.3 Å². The van der Waals surface area contributed by atoms with E-state index in [1.54, 1.807) is 11.8 Å². The summed E-state index contributed by atoms with van der Waals surface area (Å²) in [6.45, 7) is 2.71. The molecule has 0 aliphatic carbocycles. The van der Waals surface area contributed by atoms with Crippen LogP contribution in [0.1, 0.15) is 23.7 Å². The second kappa shape index (κ2) is 8.22. The van der Waals surface area contributed by atoms with Crippen molar-refractivity contribution in [3.63, 3.8) is 0 Å². The van der Waals surface area contributed by atoms with Crippen LogP contribution in [0.3, 0.4) is 0 Å². The highest BCUT2D eigenvalue weighted by atomic mass is 35.5. The zero-order valence-electron chi connectivity index (χ0n) is 15.7. The molecule has 0 radical (unpaired) electrons. The molecule has 0 atom stereocenters. The van der Waals surface area contributed by atoms with E-state index in [0.29, 0.717) is 17.9 Å². The number of carbonyl (C=O) groups excluding carboxylic acids is 1. The molecule has 8 heteroatoms. The number of nitrogens with one attached hydrogen (secondary N) is 1. The molecular formula is C20H22ClN5O2. The van der Waals surface area contributed by atoms with E-state index >= 15 is 0 Å². The van der Waals surface area contributed by atoms with Crippen molar-refractivity contribution in [3.05, 3.63) is 53.1 Å². The van der Waals surface area contributed by atoms with E-state index in [1.165, 1.54) is 12.1 Å². The molecule has 7 nitrogen and oxygen atoms in total. The lowest BCUT2D eigenvalue weighted by Crippen LogP contribution is -2.16. The number of nitrogens with two attached hydrogens (primary N) is 2. The smallest absolute Gasteiger partial charge is 0.256 e. The minimum Gasteiger partial charge on any atom is -0.497 e. The minimum absolute atomic E-state index is 0.242. The summed E-state index contributed by atoms with van der Waals surface area (Å²) in [4.78, 5) is 12.7. The number of halogens is 1. The first-order valence-corrected chi connectivity index (χ1v) is 9.18. The number of methoxy groups -OCH3 is 1. The molecular weight excluding hydrogens is 378 g/mol. The average Bonchev–Trinajstić information content (AvgIpc) is 3.08. The Kier molecular flexibility index (Phi) is 5.75. The van der Waals surface area contributed by atoms with E-state index in [1.807, 2.05) is 37.3 Å². The molecule has 146 valence electrons. The summed E-state index contributed by atoms with van der Waals surface area (Å²) in [6.07, 6.45) is 0.868. The predicted molar refractivity (Wildman–Crippen MR) is 113 cm³/mol. The van der Waals surface area contributed by atoms with Gasteiger partial charge in [0.1, 0.15) is 11.6 Å². The SMILES string of the molecule is CCCn1nc(-c2ccc(OC)cc2)cc1NC(=O)c1cc(N)c(N)c(Cl)c1. The zero-order chi connectivity index (χ0) is 20.3. The Balaban J connectivity index is 1.90. The van der Waals surface area contributed by atoms with Gasteiger partial charge in [0.05, 0.1) is 29.2 Å². The van der Waals surface area contributed by atoms with Crippen molar-refractivity contribution >= 4 is 34.7 Å². The first-order valence-electron chi connectivity index (χ1n) is 8.81. The molecule has 0 aliphatic rings. The second-order valence-corrected chi connectivity index (χ2v) is 6.69. The molecule has 0 aliphatic heterocycles. The van der Waals surface area contributed by atoms with Gasteiger partial charge < -0.3 is 21.5 Å². The Morgan fingerprint density at radius 3 is 2.54 bits per heavy atom. The fourth-order valence-corrected chi connectivity index (χ4v) is 2.99. The van der Waals surface area contributed by atoms with Gasteiger partial charge in [-0.3, -0.25) is 4.79 Å². The van der Waals surface area contributed by atoms with Gasteiger partial charge in [-0.25, -0.2) is 4.68 Å². The van der Waals surface area contributed by atoms with E-state index < -0.39 is 0 Å². The highest BCUT2D eigenvalue weighted by Gasteiger charge is 2.15. The number of ether oxygens (including phenoxy) is 1. The molecule has 0 fully saturated rings. The maximum atomic E-state index is 12.7. The third-order valence-corrected chi connectivity index (χ3v) is 4.58. The molecule has 1 heterocycles. The molecule has 0 saturated carbocycles. The fourth-order valence-electron chi connectivity index (χ4n) is 2.76. The quantitative estimate of drug-likeness (QED) is 0.542. The van der Waals surface area contributed by atoms with Crippen molar-refractivity contribution in [2.75, 3.05) is 23.9 Å². The lowest BCUT2D eigenvalue weighted by Gasteiger charge is -2.10. The summed E-state index contributed by atoms with van der Waals surface area (Å²) >= 11 is 6.04. The fraction of sp³-hybridized carbons (Fsp3) is 0.200. The van der Waals surface area contributed by atoms with Crippen LogP contribution in [0.4, 0.5) is 17.2 Å². The highest BCUT2D eigenvalue weighted by molar-refractivity contribution is 6.34. The van der Waals surface area contributed by atoms with Gasteiger partial charge >= 0.3 is 0 Å². The Morgan fingerprint density at radius 2 is 1.93 bits per heavy atom. The predicted octanol–water partition coefficient (Wildman–Crippen LogP) is 4.04. The van der Waals surface area contributed by atoms with Crippen LogP contribution in [0, 0.1) is 0 Å². The van der Waals surface area contributed by atoms with Gasteiger partial charge in [0.25, 0.3) is 5.91 Å². The third-order valence-electron chi connectivity index (χ3n) is 4.27. The van der Waals surface area contributed by atoms with Crippen LogP contribution in [-0.2, 0) is 6.54 Å². The number of rotatable bonds is 6. The molecule has 0 spiro atoms. The van der Waals surface area contributed by atoms with Gasteiger partial charge in [0.2, 0.25) is 0 Å². The molecule has 1 amide bonds. The number of benzene rings is 2. The first kappa shape index (κ1) is 19.6. The van der Waals surface area contributed by atoms with Crippen molar-refractivity contribution in [1.82, 2.24) is 9.78 Å². The van der Waals surface area contributed by atoms with Crippen LogP contribution in [0.2, 0.25) is 5.02 Å². The second-order valence-electron chi connectivity index (χ2n) is 6.28. The highest BCUT2D eigenvalue weighted by Crippen LogP contribution is 2.28. The number of anilines is 3. The van der Waals surface area contributed by atoms with E-state index in [4.69, 9.17) is 27.8 Å². The molecule has 0 unspecified atom stereocenters. The van der Waals surface area contributed by atoms with Gasteiger partial charge in [0, 0.05) is 23.7 Å². The molecule has 0 bridgehead atoms. The molecule has 1 aromatic heterocycles. The zero-order valence-corrected chi connectivity index (χ0v) is 16.5. The van der Waals surface area contributed by atoms with E-state index in [2.05, 4.69) is 10.4 Å². The van der Waals surface area contributed by atoms with Crippen molar-refractivity contribution in [2.24, 2.45) is 0 Å². The van der Waals surface area contributed by atoms with Crippen LogP contribution in [-0.4, -0.2) is 22.8 Å². The Morgan fingerprint density at radius 1 is 1.21 bits per heavy atom. The average molecular weight is 400 g/mol. The van der Waals surface area contributed by atoms with Crippen LogP contribution in [0.5, 0.6) is 5.75 Å². The van der Waals surface area contributed by atoms with E-state index in [0.717, 1.165) is 23.4 Å². The Bertz CT molecular complexity index is 975. The van der Waals surface area contributed by atoms with Crippen LogP contribution < -0.4 is 21.5 Å². The van der Waals surface area contributed by atoms with Crippen molar-refractivity contribution in [2.45, 2.75) is 19.9 Å². The van der Waals surface area contributed by atoms with Gasteiger partial charge in [-0.05, 0) is 42.8 Å². The molecule has 5 N–H and O–H groups in total. The molecule has 3 aromatic rings. The number of carbonyl (C=O) groups is 1. The summed E-state index contributed by atoms with van der Waals surface area (Å²) in [5.41, 5.74) is 14.1. The normalized spacial score (nSPS) is 10.7. The number of hydrogen-bond acceptors (Lipinski definition) is 5. The first-order chi connectivity index (χ1) is 13.4. The largest absolute Gasteiger partial charge is 0.497 e. The molecule has 0 saturated heterocycles. The van der Waals surface area contributed by atoms with Crippen molar-refractivity contribution in [3.8, 4) is 17.0 Å². The Labute approximate surface area is 168 Å².